The van der Waals surface area contributed by atoms with Gasteiger partial charge in [-0.2, -0.15) is 0 Å². The third-order valence-electron chi connectivity index (χ3n) is 9.65. The summed E-state index contributed by atoms with van der Waals surface area (Å²) in [7, 11) is 3.40. The number of hydrogen-bond acceptors (Lipinski definition) is 5. The van der Waals surface area contributed by atoms with E-state index in [9.17, 15) is 4.79 Å². The maximum absolute atomic E-state index is 12.8. The maximum Gasteiger partial charge on any atom is 0.223 e. The van der Waals surface area contributed by atoms with Crippen LogP contribution in [0.4, 0.5) is 0 Å². The molecule has 1 aromatic carbocycles. The average molecular weight is 423 g/mol. The number of benzene rings is 1. The average Bonchev–Trinajstić information content (AvgIpc) is 3.52. The molecule has 2 N–H and O–H groups in total. The van der Waals surface area contributed by atoms with Crippen molar-refractivity contribution in [1.29, 1.82) is 0 Å². The van der Waals surface area contributed by atoms with Gasteiger partial charge in [-0.3, -0.25) is 9.69 Å². The molecule has 1 saturated heterocycles. The van der Waals surface area contributed by atoms with Gasteiger partial charge in [0, 0.05) is 30.7 Å². The van der Waals surface area contributed by atoms with Gasteiger partial charge in [0.25, 0.3) is 0 Å². The number of likely N-dealkylation sites (tertiary alicyclic amines) is 1. The molecule has 2 unspecified atom stereocenters. The maximum atomic E-state index is 12.8. The van der Waals surface area contributed by atoms with Crippen molar-refractivity contribution in [2.45, 2.75) is 55.3 Å². The number of ether oxygens (including phenoxy) is 3. The second kappa shape index (κ2) is 5.65. The van der Waals surface area contributed by atoms with E-state index in [0.29, 0.717) is 6.04 Å². The Labute approximate surface area is 182 Å². The third-order valence-corrected chi connectivity index (χ3v) is 9.65. The molecule has 7 aliphatic rings. The van der Waals surface area contributed by atoms with Gasteiger partial charge in [0.1, 0.15) is 11.7 Å². The van der Waals surface area contributed by atoms with Crippen LogP contribution in [0, 0.1) is 17.3 Å². The molecule has 0 radical (unpaired) electrons. The fraction of sp³-hybridized carbons (Fsp3) is 0.640. The molecule has 0 aromatic heterocycles. The molecule has 1 amide bonds. The number of methoxy groups -OCH3 is 2. The number of fused-ring (bicyclic) bond motifs is 1. The number of carbonyl (C=O) groups excluding carboxylic acids is 1. The molecule has 6 heteroatoms. The number of hydrogen-bond donors (Lipinski definition) is 1. The first-order valence-corrected chi connectivity index (χ1v) is 11.7. The summed E-state index contributed by atoms with van der Waals surface area (Å²) >= 11 is 0. The van der Waals surface area contributed by atoms with E-state index < -0.39 is 11.5 Å². The van der Waals surface area contributed by atoms with Gasteiger partial charge in [0.2, 0.25) is 5.91 Å². The van der Waals surface area contributed by atoms with Crippen LogP contribution in [0.3, 0.4) is 0 Å². The lowest BCUT2D eigenvalue weighted by Gasteiger charge is -2.71. The SMILES string of the molecule is COc1ccc2c3c1OC1C4(OC)C=C[C@@]5(C[C@@H]4C(N)=O)[C@H](C2)N(CC2CC2)CC[C@]315. The van der Waals surface area contributed by atoms with Gasteiger partial charge >= 0.3 is 0 Å². The molecule has 31 heavy (non-hydrogen) atoms. The summed E-state index contributed by atoms with van der Waals surface area (Å²) in [5, 5.41) is 0. The molecular weight excluding hydrogens is 392 g/mol. The van der Waals surface area contributed by atoms with Crippen molar-refractivity contribution < 1.29 is 19.0 Å². The van der Waals surface area contributed by atoms with Gasteiger partial charge in [-0.15, -0.1) is 0 Å². The van der Waals surface area contributed by atoms with E-state index in [1.165, 1.54) is 24.0 Å². The first-order chi connectivity index (χ1) is 15.0. The number of carbonyl (C=O) groups is 1. The molecule has 3 fully saturated rings. The van der Waals surface area contributed by atoms with E-state index in [0.717, 1.165) is 49.8 Å². The Hall–Kier alpha value is -2.05. The first kappa shape index (κ1) is 18.5. The lowest BCUT2D eigenvalue weighted by Crippen LogP contribution is -2.80. The molecule has 2 spiro atoms. The number of piperidine rings is 1. The van der Waals surface area contributed by atoms with E-state index in [2.05, 4.69) is 23.1 Å². The minimum absolute atomic E-state index is 0.171. The standard InChI is InChI=1S/C25H30N2O4/c1-29-17-6-5-15-11-18-23-7-8-25(30-2,16(12-23)21(26)28)22-24(23,19(15)20(17)31-22)9-10-27(18)13-14-3-4-14/h5-8,14,16,18,22H,3-4,9-13H2,1-2H3,(H2,26,28)/t16-,18+,22?,23-,24+,25?/m1/s1. The summed E-state index contributed by atoms with van der Waals surface area (Å²) in [5.41, 5.74) is 7.49. The number of rotatable bonds is 5. The quantitative estimate of drug-likeness (QED) is 0.737. The van der Waals surface area contributed by atoms with E-state index in [1.807, 2.05) is 6.07 Å². The molecule has 164 valence electrons. The molecule has 8 rings (SSSR count). The predicted octanol–water partition coefficient (Wildman–Crippen LogP) is 2.18. The number of primary amides is 1. The summed E-state index contributed by atoms with van der Waals surface area (Å²) in [5.74, 6) is 1.78. The van der Waals surface area contributed by atoms with Gasteiger partial charge in [0.05, 0.1) is 18.4 Å². The minimum atomic E-state index is -0.838. The molecule has 2 heterocycles. The van der Waals surface area contributed by atoms with Gasteiger partial charge in [-0.1, -0.05) is 18.2 Å². The topological polar surface area (TPSA) is 74.0 Å². The highest BCUT2D eigenvalue weighted by molar-refractivity contribution is 5.81. The Morgan fingerprint density at radius 1 is 1.29 bits per heavy atom. The summed E-state index contributed by atoms with van der Waals surface area (Å²) in [4.78, 5) is 15.5. The van der Waals surface area contributed by atoms with Crippen LogP contribution < -0.4 is 15.2 Å². The molecule has 1 aromatic rings. The molecule has 6 atom stereocenters. The highest BCUT2D eigenvalue weighted by Gasteiger charge is 2.79. The number of amides is 1. The van der Waals surface area contributed by atoms with Crippen LogP contribution in [0.2, 0.25) is 0 Å². The van der Waals surface area contributed by atoms with E-state index >= 15 is 0 Å². The molecular formula is C25H30N2O4. The van der Waals surface area contributed by atoms with Gasteiger partial charge in [-0.25, -0.2) is 0 Å². The zero-order chi connectivity index (χ0) is 21.2. The van der Waals surface area contributed by atoms with E-state index in [1.54, 1.807) is 14.2 Å². The van der Waals surface area contributed by atoms with Crippen molar-refractivity contribution in [3.05, 3.63) is 35.4 Å². The van der Waals surface area contributed by atoms with Crippen LogP contribution in [0.5, 0.6) is 11.5 Å². The van der Waals surface area contributed by atoms with Crippen molar-refractivity contribution in [1.82, 2.24) is 4.90 Å². The zero-order valence-electron chi connectivity index (χ0n) is 18.2. The zero-order valence-corrected chi connectivity index (χ0v) is 18.2. The van der Waals surface area contributed by atoms with Crippen molar-refractivity contribution in [2.24, 2.45) is 23.0 Å². The van der Waals surface area contributed by atoms with Gasteiger partial charge in [0.15, 0.2) is 11.5 Å². The lowest BCUT2D eigenvalue weighted by atomic mass is 9.37. The molecule has 2 aliphatic heterocycles. The van der Waals surface area contributed by atoms with E-state index in [4.69, 9.17) is 19.9 Å². The van der Waals surface area contributed by atoms with Crippen LogP contribution in [0.25, 0.3) is 0 Å². The van der Waals surface area contributed by atoms with Crippen LogP contribution in [-0.4, -0.2) is 55.9 Å². The fourth-order valence-corrected chi connectivity index (χ4v) is 8.25. The smallest absolute Gasteiger partial charge is 0.223 e. The highest BCUT2D eigenvalue weighted by Crippen LogP contribution is 2.74. The highest BCUT2D eigenvalue weighted by atomic mass is 16.6. The summed E-state index contributed by atoms with van der Waals surface area (Å²) < 4.78 is 18.7. The predicted molar refractivity (Wildman–Crippen MR) is 114 cm³/mol. The van der Waals surface area contributed by atoms with E-state index in [-0.39, 0.29) is 22.8 Å². The number of nitrogens with zero attached hydrogens (tertiary/aromatic N) is 1. The van der Waals surface area contributed by atoms with Crippen molar-refractivity contribution in [2.75, 3.05) is 27.3 Å². The van der Waals surface area contributed by atoms with Crippen molar-refractivity contribution in [3.8, 4) is 11.5 Å². The van der Waals surface area contributed by atoms with Gasteiger partial charge < -0.3 is 19.9 Å². The Morgan fingerprint density at radius 3 is 2.84 bits per heavy atom. The second-order valence-electron chi connectivity index (χ2n) is 10.6. The normalized spacial score (nSPS) is 43.5. The molecule has 5 aliphatic carbocycles. The number of nitrogens with two attached hydrogens (primary N) is 1. The first-order valence-electron chi connectivity index (χ1n) is 11.7. The summed E-state index contributed by atoms with van der Waals surface area (Å²) in [6.07, 6.45) is 9.67. The second-order valence-corrected chi connectivity index (χ2v) is 10.6. The lowest BCUT2D eigenvalue weighted by molar-refractivity contribution is -0.214. The fourth-order valence-electron chi connectivity index (χ4n) is 8.25. The summed E-state index contributed by atoms with van der Waals surface area (Å²) in [6.45, 7) is 2.23. The van der Waals surface area contributed by atoms with Crippen LogP contribution in [0.1, 0.15) is 36.8 Å². The molecule has 2 saturated carbocycles. The van der Waals surface area contributed by atoms with Gasteiger partial charge in [-0.05, 0) is 56.2 Å². The van der Waals surface area contributed by atoms with Crippen molar-refractivity contribution in [3.63, 3.8) is 0 Å². The summed E-state index contributed by atoms with van der Waals surface area (Å²) in [6, 6.07) is 4.64. The monoisotopic (exact) mass is 422 g/mol. The minimum Gasteiger partial charge on any atom is -0.493 e. The Bertz CT molecular complexity index is 1030. The largest absolute Gasteiger partial charge is 0.493 e. The Balaban J connectivity index is 1.51. The Morgan fingerprint density at radius 2 is 2.13 bits per heavy atom. The van der Waals surface area contributed by atoms with Crippen LogP contribution in [-0.2, 0) is 21.4 Å². The third kappa shape index (κ3) is 1.88. The van der Waals surface area contributed by atoms with Crippen molar-refractivity contribution >= 4 is 5.91 Å². The Kier molecular flexibility index (Phi) is 3.37. The molecule has 4 bridgehead atoms. The molecule has 6 nitrogen and oxygen atoms in total. The van der Waals surface area contributed by atoms with Crippen LogP contribution in [0.15, 0.2) is 24.3 Å². The van der Waals surface area contributed by atoms with Crippen LogP contribution >= 0.6 is 0 Å².